The monoisotopic (exact) mass is 316 g/mol. The Morgan fingerprint density at radius 1 is 1.50 bits per heavy atom. The second-order valence-corrected chi connectivity index (χ2v) is 5.75. The Kier molecular flexibility index (Phi) is 5.27. The fourth-order valence-electron chi connectivity index (χ4n) is 2.34. The number of carbonyl (C=O) groups is 1. The number of hydrogen-bond donors (Lipinski definition) is 1. The maximum Gasteiger partial charge on any atom is 0.239 e. The first-order valence-electron chi connectivity index (χ1n) is 6.47. The molecular formula is C14H18Cl2N2O2. The molecule has 1 aromatic rings. The van der Waals surface area contributed by atoms with Crippen molar-refractivity contribution in [3.05, 3.63) is 33.8 Å². The standard InChI is InChI=1S/C14H18Cl2N2O2/c1-18(8-9-4-3-5-11(15)13(9)16)14(19)12-6-10(20-2)7-17-12/h3-5,10,12,17H,6-8H2,1-2H3. The summed E-state index contributed by atoms with van der Waals surface area (Å²) in [6, 6.07) is 5.24. The number of amides is 1. The Balaban J connectivity index is 1.99. The largest absolute Gasteiger partial charge is 0.380 e. The van der Waals surface area contributed by atoms with Gasteiger partial charge in [-0.15, -0.1) is 0 Å². The molecule has 1 N–H and O–H groups in total. The Hall–Kier alpha value is -0.810. The number of nitrogens with one attached hydrogen (secondary N) is 1. The van der Waals surface area contributed by atoms with Gasteiger partial charge in [-0.05, 0) is 18.1 Å². The number of likely N-dealkylation sites (N-methyl/N-ethyl adjacent to an activating group) is 1. The molecule has 4 nitrogen and oxygen atoms in total. The van der Waals surface area contributed by atoms with Gasteiger partial charge in [0.25, 0.3) is 0 Å². The highest BCUT2D eigenvalue weighted by Crippen LogP contribution is 2.26. The number of ether oxygens (including phenoxy) is 1. The molecule has 6 heteroatoms. The smallest absolute Gasteiger partial charge is 0.239 e. The number of methoxy groups -OCH3 is 1. The van der Waals surface area contributed by atoms with Crippen LogP contribution in [0.15, 0.2) is 18.2 Å². The molecule has 1 aliphatic heterocycles. The first-order chi connectivity index (χ1) is 9.52. The number of benzene rings is 1. The maximum absolute atomic E-state index is 12.3. The van der Waals surface area contributed by atoms with Crippen LogP contribution in [0.3, 0.4) is 0 Å². The van der Waals surface area contributed by atoms with Gasteiger partial charge in [0.2, 0.25) is 5.91 Å². The molecular weight excluding hydrogens is 299 g/mol. The van der Waals surface area contributed by atoms with Gasteiger partial charge in [-0.25, -0.2) is 0 Å². The average Bonchev–Trinajstić information content (AvgIpc) is 2.91. The molecule has 1 aliphatic rings. The maximum atomic E-state index is 12.3. The van der Waals surface area contributed by atoms with Crippen LogP contribution in [0.4, 0.5) is 0 Å². The van der Waals surface area contributed by atoms with Crippen LogP contribution >= 0.6 is 23.2 Å². The number of carbonyl (C=O) groups excluding carboxylic acids is 1. The molecule has 0 bridgehead atoms. The van der Waals surface area contributed by atoms with Crippen LogP contribution in [0, 0.1) is 0 Å². The second kappa shape index (κ2) is 6.76. The summed E-state index contributed by atoms with van der Waals surface area (Å²) in [7, 11) is 3.43. The van der Waals surface area contributed by atoms with E-state index in [1.165, 1.54) is 0 Å². The van der Waals surface area contributed by atoms with E-state index in [2.05, 4.69) is 5.32 Å². The van der Waals surface area contributed by atoms with E-state index in [0.717, 1.165) is 5.56 Å². The SMILES string of the molecule is COC1CNC(C(=O)N(C)Cc2cccc(Cl)c2Cl)C1. The summed E-state index contributed by atoms with van der Waals surface area (Å²) < 4.78 is 5.25. The van der Waals surface area contributed by atoms with Gasteiger partial charge in [0.05, 0.1) is 22.2 Å². The quantitative estimate of drug-likeness (QED) is 0.927. The minimum atomic E-state index is -0.192. The number of rotatable bonds is 4. The second-order valence-electron chi connectivity index (χ2n) is 4.96. The summed E-state index contributed by atoms with van der Waals surface area (Å²) in [6.45, 7) is 1.15. The molecule has 2 unspecified atom stereocenters. The van der Waals surface area contributed by atoms with Crippen LogP contribution in [0.1, 0.15) is 12.0 Å². The van der Waals surface area contributed by atoms with Gasteiger partial charge in [-0.2, -0.15) is 0 Å². The lowest BCUT2D eigenvalue weighted by atomic mass is 10.1. The van der Waals surface area contributed by atoms with Crippen molar-refractivity contribution in [2.45, 2.75) is 25.1 Å². The van der Waals surface area contributed by atoms with E-state index >= 15 is 0 Å². The van der Waals surface area contributed by atoms with E-state index in [-0.39, 0.29) is 18.1 Å². The average molecular weight is 317 g/mol. The number of halogens is 2. The van der Waals surface area contributed by atoms with Gasteiger partial charge >= 0.3 is 0 Å². The Labute approximate surface area is 129 Å². The predicted octanol–water partition coefficient (Wildman–Crippen LogP) is 2.33. The zero-order valence-corrected chi connectivity index (χ0v) is 13.0. The van der Waals surface area contributed by atoms with E-state index in [4.69, 9.17) is 27.9 Å². The van der Waals surface area contributed by atoms with Crippen molar-refractivity contribution in [2.24, 2.45) is 0 Å². The Bertz CT molecular complexity index is 496. The Morgan fingerprint density at radius 2 is 2.25 bits per heavy atom. The van der Waals surface area contributed by atoms with Gasteiger partial charge in [0.15, 0.2) is 0 Å². The summed E-state index contributed by atoms with van der Waals surface area (Å²) >= 11 is 12.1. The van der Waals surface area contributed by atoms with Crippen molar-refractivity contribution in [3.63, 3.8) is 0 Å². The van der Waals surface area contributed by atoms with Crippen LogP contribution in [0.5, 0.6) is 0 Å². The minimum Gasteiger partial charge on any atom is -0.380 e. The van der Waals surface area contributed by atoms with Crippen molar-refractivity contribution in [1.82, 2.24) is 10.2 Å². The normalized spacial score (nSPS) is 22.0. The lowest BCUT2D eigenvalue weighted by Crippen LogP contribution is -2.41. The molecule has 20 heavy (non-hydrogen) atoms. The summed E-state index contributed by atoms with van der Waals surface area (Å²) in [5.41, 5.74) is 0.844. The van der Waals surface area contributed by atoms with Gasteiger partial charge in [-0.1, -0.05) is 35.3 Å². The molecule has 1 amide bonds. The Morgan fingerprint density at radius 3 is 2.90 bits per heavy atom. The third-order valence-corrected chi connectivity index (χ3v) is 4.40. The molecule has 0 radical (unpaired) electrons. The van der Waals surface area contributed by atoms with E-state index in [0.29, 0.717) is 29.6 Å². The van der Waals surface area contributed by atoms with E-state index < -0.39 is 0 Å². The van der Waals surface area contributed by atoms with Crippen molar-refractivity contribution < 1.29 is 9.53 Å². The molecule has 2 atom stereocenters. The fourth-order valence-corrected chi connectivity index (χ4v) is 2.72. The van der Waals surface area contributed by atoms with Crippen LogP contribution < -0.4 is 5.32 Å². The molecule has 0 spiro atoms. The topological polar surface area (TPSA) is 41.6 Å². The fraction of sp³-hybridized carbons (Fsp3) is 0.500. The van der Waals surface area contributed by atoms with Crippen LogP contribution in [0.2, 0.25) is 10.0 Å². The van der Waals surface area contributed by atoms with Gasteiger partial charge in [-0.3, -0.25) is 4.79 Å². The molecule has 1 heterocycles. The van der Waals surface area contributed by atoms with Crippen LogP contribution in [0.25, 0.3) is 0 Å². The zero-order valence-electron chi connectivity index (χ0n) is 11.5. The zero-order chi connectivity index (χ0) is 14.7. The molecule has 1 saturated heterocycles. The lowest BCUT2D eigenvalue weighted by molar-refractivity contribution is -0.132. The van der Waals surface area contributed by atoms with Crippen LogP contribution in [-0.4, -0.2) is 43.7 Å². The highest BCUT2D eigenvalue weighted by molar-refractivity contribution is 6.42. The molecule has 1 aromatic carbocycles. The van der Waals surface area contributed by atoms with Crippen molar-refractivity contribution in [3.8, 4) is 0 Å². The molecule has 0 aliphatic carbocycles. The molecule has 2 rings (SSSR count). The van der Waals surface area contributed by atoms with E-state index in [9.17, 15) is 4.79 Å². The summed E-state index contributed by atoms with van der Waals surface area (Å²) in [5, 5.41) is 4.18. The van der Waals surface area contributed by atoms with E-state index in [1.807, 2.05) is 12.1 Å². The highest BCUT2D eigenvalue weighted by atomic mass is 35.5. The summed E-state index contributed by atoms with van der Waals surface area (Å²) in [4.78, 5) is 14.0. The van der Waals surface area contributed by atoms with Crippen molar-refractivity contribution in [2.75, 3.05) is 20.7 Å². The first-order valence-corrected chi connectivity index (χ1v) is 7.22. The van der Waals surface area contributed by atoms with Crippen LogP contribution in [-0.2, 0) is 16.1 Å². The van der Waals surface area contributed by atoms with Gasteiger partial charge < -0.3 is 15.0 Å². The molecule has 1 fully saturated rings. The van der Waals surface area contributed by atoms with Gasteiger partial charge in [0, 0.05) is 27.2 Å². The lowest BCUT2D eigenvalue weighted by Gasteiger charge is -2.22. The summed E-state index contributed by atoms with van der Waals surface area (Å²) in [5.74, 6) is 0.0422. The first kappa shape index (κ1) is 15.6. The van der Waals surface area contributed by atoms with Crippen molar-refractivity contribution in [1.29, 1.82) is 0 Å². The molecule has 0 aromatic heterocycles. The van der Waals surface area contributed by atoms with E-state index in [1.54, 1.807) is 25.1 Å². The van der Waals surface area contributed by atoms with Crippen molar-refractivity contribution >= 4 is 29.1 Å². The summed E-state index contributed by atoms with van der Waals surface area (Å²) in [6.07, 6.45) is 0.801. The third-order valence-electron chi connectivity index (χ3n) is 3.54. The number of hydrogen-bond acceptors (Lipinski definition) is 3. The molecule has 110 valence electrons. The molecule has 0 saturated carbocycles. The third kappa shape index (κ3) is 3.44. The predicted molar refractivity (Wildman–Crippen MR) is 80.1 cm³/mol. The highest BCUT2D eigenvalue weighted by Gasteiger charge is 2.31. The number of nitrogens with zero attached hydrogens (tertiary/aromatic N) is 1. The van der Waals surface area contributed by atoms with Gasteiger partial charge in [0.1, 0.15) is 0 Å². The minimum absolute atomic E-state index is 0.0422.